The Labute approximate surface area is 96.1 Å². The molecule has 90 valence electrons. The Morgan fingerprint density at radius 1 is 1.56 bits per heavy atom. The Hall–Kier alpha value is -0.900. The summed E-state index contributed by atoms with van der Waals surface area (Å²) < 4.78 is 5.18. The topological polar surface area (TPSA) is 59.2 Å². The Bertz CT molecular complexity index is 362. The van der Waals surface area contributed by atoms with Crippen molar-refractivity contribution in [2.24, 2.45) is 5.92 Å². The summed E-state index contributed by atoms with van der Waals surface area (Å²) in [6.07, 6.45) is 3.51. The summed E-state index contributed by atoms with van der Waals surface area (Å²) in [5.74, 6) is 1.89. The van der Waals surface area contributed by atoms with Gasteiger partial charge in [-0.2, -0.15) is 4.98 Å². The van der Waals surface area contributed by atoms with E-state index in [0.717, 1.165) is 25.1 Å². The maximum absolute atomic E-state index is 10.4. The monoisotopic (exact) mass is 224 g/mol. The van der Waals surface area contributed by atoms with Crippen molar-refractivity contribution in [3.05, 3.63) is 11.7 Å². The molecule has 0 saturated heterocycles. The third kappa shape index (κ3) is 2.12. The van der Waals surface area contributed by atoms with Gasteiger partial charge in [0.15, 0.2) is 5.82 Å². The first-order chi connectivity index (χ1) is 7.51. The summed E-state index contributed by atoms with van der Waals surface area (Å²) in [5.41, 5.74) is -0.638. The van der Waals surface area contributed by atoms with Crippen LogP contribution in [0.3, 0.4) is 0 Å². The molecule has 4 heteroatoms. The van der Waals surface area contributed by atoms with E-state index < -0.39 is 5.60 Å². The van der Waals surface area contributed by atoms with Gasteiger partial charge in [0, 0.05) is 5.92 Å². The van der Waals surface area contributed by atoms with Crippen LogP contribution in [0.2, 0.25) is 0 Å². The minimum atomic E-state index is -0.638. The van der Waals surface area contributed by atoms with Gasteiger partial charge in [0.1, 0.15) is 0 Å². The van der Waals surface area contributed by atoms with Crippen LogP contribution in [0.25, 0.3) is 0 Å². The molecule has 2 rings (SSSR count). The van der Waals surface area contributed by atoms with E-state index in [4.69, 9.17) is 4.52 Å². The third-order valence-corrected chi connectivity index (χ3v) is 3.62. The SMILES string of the molecule is CC(C)c1noc(C[C@]2(O)CCC[C@@H]2C)n1. The lowest BCUT2D eigenvalue weighted by molar-refractivity contribution is 0.00291. The average molecular weight is 224 g/mol. The first kappa shape index (κ1) is 11.6. The van der Waals surface area contributed by atoms with Crippen LogP contribution in [-0.2, 0) is 6.42 Å². The van der Waals surface area contributed by atoms with Gasteiger partial charge in [-0.05, 0) is 18.8 Å². The fraction of sp³-hybridized carbons (Fsp3) is 0.833. The van der Waals surface area contributed by atoms with Gasteiger partial charge < -0.3 is 9.63 Å². The predicted molar refractivity (Wildman–Crippen MR) is 60.1 cm³/mol. The van der Waals surface area contributed by atoms with Crippen molar-refractivity contribution in [3.8, 4) is 0 Å². The number of aliphatic hydroxyl groups is 1. The molecule has 1 aromatic heterocycles. The summed E-state index contributed by atoms with van der Waals surface area (Å²) in [6, 6.07) is 0. The smallest absolute Gasteiger partial charge is 0.229 e. The number of aromatic nitrogens is 2. The van der Waals surface area contributed by atoms with Gasteiger partial charge in [0.25, 0.3) is 0 Å². The van der Waals surface area contributed by atoms with E-state index in [1.54, 1.807) is 0 Å². The van der Waals surface area contributed by atoms with E-state index in [2.05, 4.69) is 17.1 Å². The number of hydrogen-bond acceptors (Lipinski definition) is 4. The van der Waals surface area contributed by atoms with Crippen LogP contribution in [0.5, 0.6) is 0 Å². The Balaban J connectivity index is 2.08. The maximum Gasteiger partial charge on any atom is 0.229 e. The molecule has 2 atom stereocenters. The standard InChI is InChI=1S/C12H20N2O2/c1-8(2)11-13-10(16-14-11)7-12(15)6-4-5-9(12)3/h8-9,15H,4-7H2,1-3H3/t9-,12+/m0/s1. The van der Waals surface area contributed by atoms with Crippen molar-refractivity contribution in [1.82, 2.24) is 10.1 Å². The number of rotatable bonds is 3. The zero-order valence-electron chi connectivity index (χ0n) is 10.2. The molecular weight excluding hydrogens is 204 g/mol. The fourth-order valence-corrected chi connectivity index (χ4v) is 2.33. The van der Waals surface area contributed by atoms with Crippen LogP contribution < -0.4 is 0 Å². The highest BCUT2D eigenvalue weighted by atomic mass is 16.5. The van der Waals surface area contributed by atoms with Crippen molar-refractivity contribution >= 4 is 0 Å². The molecule has 1 heterocycles. The van der Waals surface area contributed by atoms with Gasteiger partial charge in [0.2, 0.25) is 5.89 Å². The van der Waals surface area contributed by atoms with E-state index in [1.807, 2.05) is 13.8 Å². The van der Waals surface area contributed by atoms with Gasteiger partial charge in [0.05, 0.1) is 12.0 Å². The van der Waals surface area contributed by atoms with Gasteiger partial charge in [-0.25, -0.2) is 0 Å². The Morgan fingerprint density at radius 3 is 2.81 bits per heavy atom. The van der Waals surface area contributed by atoms with Crippen molar-refractivity contribution in [1.29, 1.82) is 0 Å². The molecule has 1 aromatic rings. The van der Waals surface area contributed by atoms with Crippen molar-refractivity contribution < 1.29 is 9.63 Å². The summed E-state index contributed by atoms with van der Waals surface area (Å²) >= 11 is 0. The van der Waals surface area contributed by atoms with Crippen LogP contribution in [0.15, 0.2) is 4.52 Å². The number of hydrogen-bond donors (Lipinski definition) is 1. The van der Waals surface area contributed by atoms with Crippen LogP contribution in [0, 0.1) is 5.92 Å². The lowest BCUT2D eigenvalue weighted by atomic mass is 9.89. The Kier molecular flexibility index (Phi) is 3.02. The molecule has 0 aliphatic heterocycles. The van der Waals surface area contributed by atoms with Crippen molar-refractivity contribution in [2.45, 2.75) is 58.0 Å². The lowest BCUT2D eigenvalue weighted by Crippen LogP contribution is -2.34. The minimum Gasteiger partial charge on any atom is -0.389 e. The molecule has 1 N–H and O–H groups in total. The van der Waals surface area contributed by atoms with Crippen molar-refractivity contribution in [2.75, 3.05) is 0 Å². The molecule has 1 fully saturated rings. The summed E-state index contributed by atoms with van der Waals surface area (Å²) in [5, 5.41) is 14.3. The van der Waals surface area contributed by atoms with Crippen LogP contribution >= 0.6 is 0 Å². The van der Waals surface area contributed by atoms with E-state index in [1.165, 1.54) is 0 Å². The zero-order valence-corrected chi connectivity index (χ0v) is 10.2. The van der Waals surface area contributed by atoms with Crippen molar-refractivity contribution in [3.63, 3.8) is 0 Å². The lowest BCUT2D eigenvalue weighted by Gasteiger charge is -2.25. The second-order valence-corrected chi connectivity index (χ2v) is 5.27. The molecule has 0 unspecified atom stereocenters. The second kappa shape index (κ2) is 4.17. The molecule has 0 aromatic carbocycles. The highest BCUT2D eigenvalue weighted by Gasteiger charge is 2.39. The quantitative estimate of drug-likeness (QED) is 0.855. The van der Waals surface area contributed by atoms with Crippen LogP contribution in [0.1, 0.15) is 57.7 Å². The zero-order chi connectivity index (χ0) is 11.8. The molecule has 1 aliphatic rings. The first-order valence-corrected chi connectivity index (χ1v) is 6.06. The van der Waals surface area contributed by atoms with Crippen LogP contribution in [0.4, 0.5) is 0 Å². The second-order valence-electron chi connectivity index (χ2n) is 5.27. The molecule has 4 nitrogen and oxygen atoms in total. The average Bonchev–Trinajstić information content (AvgIpc) is 2.76. The molecule has 0 radical (unpaired) electrons. The van der Waals surface area contributed by atoms with Gasteiger partial charge in [-0.3, -0.25) is 0 Å². The largest absolute Gasteiger partial charge is 0.389 e. The summed E-state index contributed by atoms with van der Waals surface area (Å²) in [4.78, 5) is 4.32. The molecule has 0 bridgehead atoms. The van der Waals surface area contributed by atoms with Crippen LogP contribution in [-0.4, -0.2) is 20.8 Å². The highest BCUT2D eigenvalue weighted by Crippen LogP contribution is 2.37. The molecule has 0 amide bonds. The first-order valence-electron chi connectivity index (χ1n) is 6.06. The maximum atomic E-state index is 10.4. The molecule has 1 aliphatic carbocycles. The minimum absolute atomic E-state index is 0.271. The van der Waals surface area contributed by atoms with Gasteiger partial charge >= 0.3 is 0 Å². The van der Waals surface area contributed by atoms with Gasteiger partial charge in [-0.15, -0.1) is 0 Å². The van der Waals surface area contributed by atoms with E-state index in [0.29, 0.717) is 18.2 Å². The third-order valence-electron chi connectivity index (χ3n) is 3.62. The normalized spacial score (nSPS) is 30.2. The molecule has 16 heavy (non-hydrogen) atoms. The Morgan fingerprint density at radius 2 is 2.31 bits per heavy atom. The highest BCUT2D eigenvalue weighted by molar-refractivity contribution is 5.00. The molecule has 1 saturated carbocycles. The van der Waals surface area contributed by atoms with Gasteiger partial charge in [-0.1, -0.05) is 32.3 Å². The molecular formula is C12H20N2O2. The van der Waals surface area contributed by atoms with E-state index in [9.17, 15) is 5.11 Å². The van der Waals surface area contributed by atoms with E-state index in [-0.39, 0.29) is 5.92 Å². The fourth-order valence-electron chi connectivity index (χ4n) is 2.33. The number of nitrogens with zero attached hydrogens (tertiary/aromatic N) is 2. The van der Waals surface area contributed by atoms with E-state index >= 15 is 0 Å². The summed E-state index contributed by atoms with van der Waals surface area (Å²) in [7, 11) is 0. The summed E-state index contributed by atoms with van der Waals surface area (Å²) in [6.45, 7) is 6.15. The molecule has 0 spiro atoms. The predicted octanol–water partition coefficient (Wildman–Crippen LogP) is 2.29.